The van der Waals surface area contributed by atoms with E-state index in [0.717, 1.165) is 0 Å². The lowest BCUT2D eigenvalue weighted by Crippen LogP contribution is -2.14. The topological polar surface area (TPSA) is 34.1 Å². The number of fused-ring (bicyclic) bond motifs is 1. The van der Waals surface area contributed by atoms with E-state index >= 15 is 0 Å². The van der Waals surface area contributed by atoms with Crippen molar-refractivity contribution < 1.29 is 9.59 Å². The quantitative estimate of drug-likeness (QED) is 0.627. The Hall–Kier alpha value is -1.70. The highest BCUT2D eigenvalue weighted by molar-refractivity contribution is 6.24. The van der Waals surface area contributed by atoms with E-state index in [1.54, 1.807) is 31.2 Å². The van der Waals surface area contributed by atoms with Gasteiger partial charge in [0.2, 0.25) is 0 Å². The smallest absolute Gasteiger partial charge is 0.189 e. The highest BCUT2D eigenvalue weighted by Crippen LogP contribution is 2.20. The van der Waals surface area contributed by atoms with Crippen LogP contribution >= 0.6 is 0 Å². The molecule has 1 aromatic carbocycles. The Bertz CT molecular complexity index is 428. The Morgan fingerprint density at radius 3 is 2.21 bits per heavy atom. The maximum absolute atomic E-state index is 11.5. The second-order valence-electron chi connectivity index (χ2n) is 3.07. The molecule has 0 aliphatic heterocycles. The van der Waals surface area contributed by atoms with Crippen LogP contribution in [0.25, 0.3) is 0 Å². The van der Waals surface area contributed by atoms with E-state index in [1.807, 2.05) is 0 Å². The Morgan fingerprint density at radius 1 is 1.00 bits per heavy atom. The first-order valence-electron chi connectivity index (χ1n) is 4.06. The van der Waals surface area contributed by atoms with Crippen LogP contribution in [0.15, 0.2) is 35.9 Å². The third kappa shape index (κ3) is 1.39. The predicted molar refractivity (Wildman–Crippen MR) is 55.6 cm³/mol. The number of carbonyl (C=O) groups excluding carboxylic acids is 2. The fourth-order valence-corrected chi connectivity index (χ4v) is 1.45. The third-order valence-electron chi connectivity index (χ3n) is 2.14. The number of benzene rings is 1. The summed E-state index contributed by atoms with van der Waals surface area (Å²) >= 11 is 0. The molecule has 2 rings (SSSR count). The van der Waals surface area contributed by atoms with Crippen molar-refractivity contribution in [3.05, 3.63) is 47.0 Å². The van der Waals surface area contributed by atoms with Crippen molar-refractivity contribution in [3.63, 3.8) is 0 Å². The zero-order valence-corrected chi connectivity index (χ0v) is 7.20. The molecule has 1 aromatic rings. The minimum absolute atomic E-state index is 0. The van der Waals surface area contributed by atoms with Crippen molar-refractivity contribution in [3.8, 4) is 0 Å². The molecule has 1 aliphatic carbocycles. The fourth-order valence-electron chi connectivity index (χ4n) is 1.45. The predicted octanol–water partition coefficient (Wildman–Crippen LogP) is 2.65. The van der Waals surface area contributed by atoms with Gasteiger partial charge in [-0.15, -0.1) is 0 Å². The average molecular weight is 188 g/mol. The van der Waals surface area contributed by atoms with Crippen molar-refractivity contribution in [2.24, 2.45) is 0 Å². The van der Waals surface area contributed by atoms with Gasteiger partial charge in [-0.25, -0.2) is 0 Å². The molecule has 0 heterocycles. The van der Waals surface area contributed by atoms with Gasteiger partial charge in [0.1, 0.15) is 0 Å². The molecular weight excluding hydrogens is 176 g/mol. The molecule has 2 nitrogen and oxygen atoms in total. The van der Waals surface area contributed by atoms with Crippen molar-refractivity contribution in [2.75, 3.05) is 0 Å². The highest BCUT2D eigenvalue weighted by Gasteiger charge is 2.21. The van der Waals surface area contributed by atoms with E-state index < -0.39 is 0 Å². The molecule has 0 spiro atoms. The van der Waals surface area contributed by atoms with Crippen LogP contribution in [-0.4, -0.2) is 11.6 Å². The van der Waals surface area contributed by atoms with E-state index in [9.17, 15) is 9.59 Å². The summed E-state index contributed by atoms with van der Waals surface area (Å²) in [7, 11) is 0. The molecule has 72 valence electrons. The fraction of sp³-hybridized carbons (Fsp3) is 0.167. The lowest BCUT2D eigenvalue weighted by molar-refractivity contribution is 0.0984. The van der Waals surface area contributed by atoms with Crippen LogP contribution in [0, 0.1) is 0 Å². The zero-order chi connectivity index (χ0) is 9.42. The molecule has 0 N–H and O–H groups in total. The van der Waals surface area contributed by atoms with Gasteiger partial charge in [0.15, 0.2) is 11.6 Å². The lowest BCUT2D eigenvalue weighted by atomic mass is 9.90. The standard InChI is InChI=1S/C11H8O2.CH4/c1-7-6-10(12)8-4-2-3-5-9(8)11(7)13;/h2-6H,1H3;1H4. The first-order valence-corrected chi connectivity index (χ1v) is 4.06. The SMILES string of the molecule is C.CC1=CC(=O)c2ccccc2C1=O. The number of allylic oxidation sites excluding steroid dienone is 2. The van der Waals surface area contributed by atoms with Gasteiger partial charge in [0.25, 0.3) is 0 Å². The highest BCUT2D eigenvalue weighted by atomic mass is 16.1. The zero-order valence-electron chi connectivity index (χ0n) is 7.20. The number of ketones is 2. The Balaban J connectivity index is 0.000000980. The van der Waals surface area contributed by atoms with E-state index in [2.05, 4.69) is 0 Å². The van der Waals surface area contributed by atoms with Crippen LogP contribution in [-0.2, 0) is 0 Å². The molecule has 0 aromatic heterocycles. The van der Waals surface area contributed by atoms with Gasteiger partial charge >= 0.3 is 0 Å². The Kier molecular flexibility index (Phi) is 2.65. The van der Waals surface area contributed by atoms with Gasteiger partial charge in [0.05, 0.1) is 0 Å². The lowest BCUT2D eigenvalue weighted by Gasteiger charge is -2.11. The van der Waals surface area contributed by atoms with Crippen molar-refractivity contribution in [1.29, 1.82) is 0 Å². The molecule has 0 saturated carbocycles. The number of hydrogen-bond acceptors (Lipinski definition) is 2. The van der Waals surface area contributed by atoms with Crippen molar-refractivity contribution in [1.82, 2.24) is 0 Å². The van der Waals surface area contributed by atoms with E-state index in [4.69, 9.17) is 0 Å². The second-order valence-corrected chi connectivity index (χ2v) is 3.07. The molecule has 0 fully saturated rings. The molecule has 0 radical (unpaired) electrons. The largest absolute Gasteiger partial charge is 0.289 e. The molecule has 14 heavy (non-hydrogen) atoms. The summed E-state index contributed by atoms with van der Waals surface area (Å²) in [4.78, 5) is 23.0. The maximum atomic E-state index is 11.5. The summed E-state index contributed by atoms with van der Waals surface area (Å²) in [5.41, 5.74) is 1.55. The van der Waals surface area contributed by atoms with E-state index in [-0.39, 0.29) is 19.0 Å². The first-order chi connectivity index (χ1) is 6.20. The van der Waals surface area contributed by atoms with Gasteiger partial charge < -0.3 is 0 Å². The molecule has 1 aliphatic rings. The summed E-state index contributed by atoms with van der Waals surface area (Å²) in [6, 6.07) is 6.89. The molecule has 0 atom stereocenters. The van der Waals surface area contributed by atoms with Gasteiger partial charge in [-0.05, 0) is 13.0 Å². The monoisotopic (exact) mass is 188 g/mol. The molecule has 0 bridgehead atoms. The average Bonchev–Trinajstić information content (AvgIpc) is 2.15. The van der Waals surface area contributed by atoms with Crippen LogP contribution in [0.1, 0.15) is 35.1 Å². The van der Waals surface area contributed by atoms with Gasteiger partial charge in [0, 0.05) is 16.7 Å². The van der Waals surface area contributed by atoms with E-state index in [0.29, 0.717) is 16.7 Å². The van der Waals surface area contributed by atoms with Crippen LogP contribution in [0.2, 0.25) is 0 Å². The molecule has 0 unspecified atom stereocenters. The summed E-state index contributed by atoms with van der Waals surface area (Å²) in [6.07, 6.45) is 1.39. The maximum Gasteiger partial charge on any atom is 0.189 e. The number of Topliss-reactive ketones (excluding diaryl/α,β-unsaturated/α-hetero) is 1. The molecular formula is C12H12O2. The van der Waals surface area contributed by atoms with Crippen LogP contribution in [0.5, 0.6) is 0 Å². The Morgan fingerprint density at radius 2 is 1.57 bits per heavy atom. The normalized spacial score (nSPS) is 14.2. The minimum atomic E-state index is -0.0762. The van der Waals surface area contributed by atoms with Crippen LogP contribution in [0.3, 0.4) is 0 Å². The first kappa shape index (κ1) is 10.4. The van der Waals surface area contributed by atoms with Crippen molar-refractivity contribution in [2.45, 2.75) is 14.4 Å². The summed E-state index contributed by atoms with van der Waals surface area (Å²) in [5, 5.41) is 0. The number of hydrogen-bond donors (Lipinski definition) is 0. The van der Waals surface area contributed by atoms with Gasteiger partial charge in [-0.1, -0.05) is 31.7 Å². The molecule has 2 heteroatoms. The van der Waals surface area contributed by atoms with Gasteiger partial charge in [-0.2, -0.15) is 0 Å². The van der Waals surface area contributed by atoms with Gasteiger partial charge in [-0.3, -0.25) is 9.59 Å². The summed E-state index contributed by atoms with van der Waals surface area (Å²) in [5.74, 6) is -0.122. The van der Waals surface area contributed by atoms with E-state index in [1.165, 1.54) is 6.08 Å². The summed E-state index contributed by atoms with van der Waals surface area (Å²) < 4.78 is 0. The second kappa shape index (κ2) is 3.58. The van der Waals surface area contributed by atoms with Crippen LogP contribution < -0.4 is 0 Å². The van der Waals surface area contributed by atoms with Crippen molar-refractivity contribution >= 4 is 11.6 Å². The number of rotatable bonds is 0. The number of carbonyl (C=O) groups is 2. The summed E-state index contributed by atoms with van der Waals surface area (Å²) in [6.45, 7) is 1.66. The third-order valence-corrected chi connectivity index (χ3v) is 2.14. The molecule has 0 amide bonds. The van der Waals surface area contributed by atoms with Crippen LogP contribution in [0.4, 0.5) is 0 Å². The Labute approximate surface area is 83.3 Å². The molecule has 0 saturated heterocycles. The minimum Gasteiger partial charge on any atom is -0.289 e.